The summed E-state index contributed by atoms with van der Waals surface area (Å²) in [7, 11) is 0. The summed E-state index contributed by atoms with van der Waals surface area (Å²) in [5.74, 6) is 4.47. The van der Waals surface area contributed by atoms with Crippen LogP contribution in [0.1, 0.15) is 57.6 Å². The largest absolute Gasteiger partial charge is 0.444 e. The Kier molecular flexibility index (Phi) is 2.54. The van der Waals surface area contributed by atoms with Crippen LogP contribution in [0.2, 0.25) is 0 Å². The molecule has 3 heteroatoms. The second-order valence-electron chi connectivity index (χ2n) is 6.54. The fourth-order valence-electron chi connectivity index (χ4n) is 3.14. The molecule has 2 atom stereocenters. The monoisotopic (exact) mass is 234 g/mol. The molecule has 2 fully saturated rings. The molecule has 1 heterocycles. The Balaban J connectivity index is 1.60. The average molecular weight is 234 g/mol. The summed E-state index contributed by atoms with van der Waals surface area (Å²) in [5, 5.41) is 3.40. The van der Waals surface area contributed by atoms with Gasteiger partial charge in [0, 0.05) is 11.5 Å². The molecule has 94 valence electrons. The number of nitrogens with one attached hydrogen (secondary N) is 1. The zero-order valence-corrected chi connectivity index (χ0v) is 11.0. The molecule has 1 aromatic heterocycles. The zero-order chi connectivity index (χ0) is 12.0. The molecule has 2 saturated carbocycles. The maximum Gasteiger partial charge on any atom is 0.208 e. The standard InChI is InChI=1S/C14H22N2O/c1-14(2,3)16-8-12-15-7-11(17-12)13-9-5-4-6-10(9)13/h7,9-10,13,16H,4-6,8H2,1-3H3. The summed E-state index contributed by atoms with van der Waals surface area (Å²) in [6.45, 7) is 7.19. The smallest absolute Gasteiger partial charge is 0.208 e. The van der Waals surface area contributed by atoms with Crippen LogP contribution in [-0.4, -0.2) is 10.5 Å². The van der Waals surface area contributed by atoms with Crippen LogP contribution >= 0.6 is 0 Å². The topological polar surface area (TPSA) is 38.1 Å². The Morgan fingerprint density at radius 2 is 2.06 bits per heavy atom. The molecule has 2 aliphatic rings. The van der Waals surface area contributed by atoms with Gasteiger partial charge in [-0.25, -0.2) is 4.98 Å². The predicted molar refractivity (Wildman–Crippen MR) is 66.7 cm³/mol. The molecule has 2 aliphatic carbocycles. The van der Waals surface area contributed by atoms with Gasteiger partial charge in [0.15, 0.2) is 0 Å². The molecule has 0 aromatic carbocycles. The molecule has 0 spiro atoms. The molecule has 3 rings (SSSR count). The van der Waals surface area contributed by atoms with Gasteiger partial charge < -0.3 is 9.73 Å². The van der Waals surface area contributed by atoms with Crippen LogP contribution in [0.5, 0.6) is 0 Å². The van der Waals surface area contributed by atoms with Gasteiger partial charge in [0.05, 0.1) is 12.7 Å². The molecule has 17 heavy (non-hydrogen) atoms. The van der Waals surface area contributed by atoms with E-state index in [1.807, 2.05) is 6.20 Å². The number of hydrogen-bond donors (Lipinski definition) is 1. The fourth-order valence-corrected chi connectivity index (χ4v) is 3.14. The molecule has 0 saturated heterocycles. The highest BCUT2D eigenvalue weighted by atomic mass is 16.4. The van der Waals surface area contributed by atoms with E-state index in [2.05, 4.69) is 31.1 Å². The van der Waals surface area contributed by atoms with E-state index < -0.39 is 0 Å². The van der Waals surface area contributed by atoms with Crippen molar-refractivity contribution in [2.24, 2.45) is 11.8 Å². The first-order valence-corrected chi connectivity index (χ1v) is 6.74. The van der Waals surface area contributed by atoms with E-state index in [1.165, 1.54) is 19.3 Å². The van der Waals surface area contributed by atoms with Crippen LogP contribution in [0, 0.1) is 11.8 Å². The summed E-state index contributed by atoms with van der Waals surface area (Å²) in [4.78, 5) is 4.38. The number of rotatable bonds is 3. The molecule has 2 unspecified atom stereocenters. The van der Waals surface area contributed by atoms with Crippen molar-refractivity contribution in [2.75, 3.05) is 0 Å². The Hall–Kier alpha value is -0.830. The van der Waals surface area contributed by atoms with E-state index >= 15 is 0 Å². The molecular weight excluding hydrogens is 212 g/mol. The first-order valence-electron chi connectivity index (χ1n) is 6.74. The number of oxazole rings is 1. The van der Waals surface area contributed by atoms with Crippen LogP contribution in [0.4, 0.5) is 0 Å². The van der Waals surface area contributed by atoms with E-state index in [9.17, 15) is 0 Å². The molecule has 0 radical (unpaired) electrons. The Bertz CT molecular complexity index is 395. The first-order chi connectivity index (χ1) is 8.04. The van der Waals surface area contributed by atoms with Crippen molar-refractivity contribution in [3.63, 3.8) is 0 Å². The van der Waals surface area contributed by atoms with Gasteiger partial charge >= 0.3 is 0 Å². The maximum absolute atomic E-state index is 5.87. The Morgan fingerprint density at radius 3 is 2.71 bits per heavy atom. The van der Waals surface area contributed by atoms with Gasteiger partial charge in [0.25, 0.3) is 0 Å². The molecule has 0 bridgehead atoms. The van der Waals surface area contributed by atoms with Gasteiger partial charge in [-0.3, -0.25) is 0 Å². The van der Waals surface area contributed by atoms with Gasteiger partial charge in [0.1, 0.15) is 5.76 Å². The van der Waals surface area contributed by atoms with Gasteiger partial charge in [-0.05, 0) is 45.4 Å². The molecule has 0 aliphatic heterocycles. The zero-order valence-electron chi connectivity index (χ0n) is 11.0. The van der Waals surface area contributed by atoms with E-state index in [0.717, 1.165) is 30.0 Å². The molecule has 0 amide bonds. The summed E-state index contributed by atoms with van der Waals surface area (Å²) in [6.07, 6.45) is 6.15. The second-order valence-corrected chi connectivity index (χ2v) is 6.54. The minimum Gasteiger partial charge on any atom is -0.444 e. The van der Waals surface area contributed by atoms with Crippen molar-refractivity contribution in [1.82, 2.24) is 10.3 Å². The number of hydrogen-bond acceptors (Lipinski definition) is 3. The maximum atomic E-state index is 5.87. The SMILES string of the molecule is CC(C)(C)NCc1ncc(C2C3CCCC32)o1. The van der Waals surface area contributed by atoms with Gasteiger partial charge in [-0.15, -0.1) is 0 Å². The van der Waals surface area contributed by atoms with Crippen molar-refractivity contribution in [3.05, 3.63) is 17.8 Å². The van der Waals surface area contributed by atoms with E-state index in [4.69, 9.17) is 4.42 Å². The highest BCUT2D eigenvalue weighted by molar-refractivity contribution is 5.19. The molecule has 1 N–H and O–H groups in total. The first kappa shape index (κ1) is 11.3. The predicted octanol–water partition coefficient (Wildman–Crippen LogP) is 3.08. The summed E-state index contributed by atoms with van der Waals surface area (Å²) >= 11 is 0. The third-order valence-electron chi connectivity index (χ3n) is 4.08. The molecule has 3 nitrogen and oxygen atoms in total. The van der Waals surface area contributed by atoms with Crippen LogP contribution < -0.4 is 5.32 Å². The normalized spacial score (nSPS) is 31.6. The number of fused-ring (bicyclic) bond motifs is 1. The second kappa shape index (κ2) is 3.84. The van der Waals surface area contributed by atoms with Crippen LogP contribution in [0.3, 0.4) is 0 Å². The lowest BCUT2D eigenvalue weighted by Crippen LogP contribution is -2.35. The van der Waals surface area contributed by atoms with E-state index in [0.29, 0.717) is 5.92 Å². The van der Waals surface area contributed by atoms with Crippen LogP contribution in [-0.2, 0) is 6.54 Å². The lowest BCUT2D eigenvalue weighted by Gasteiger charge is -2.18. The van der Waals surface area contributed by atoms with Crippen LogP contribution in [0.15, 0.2) is 10.6 Å². The number of nitrogens with zero attached hydrogens (tertiary/aromatic N) is 1. The minimum atomic E-state index is 0.116. The quantitative estimate of drug-likeness (QED) is 0.873. The minimum absolute atomic E-state index is 0.116. The highest BCUT2D eigenvalue weighted by Gasteiger charge is 2.54. The van der Waals surface area contributed by atoms with Crippen molar-refractivity contribution in [3.8, 4) is 0 Å². The van der Waals surface area contributed by atoms with Gasteiger partial charge in [-0.2, -0.15) is 0 Å². The molecule has 1 aromatic rings. The van der Waals surface area contributed by atoms with E-state index in [-0.39, 0.29) is 5.54 Å². The Labute approximate surface area is 103 Å². The van der Waals surface area contributed by atoms with Crippen LogP contribution in [0.25, 0.3) is 0 Å². The molecular formula is C14H22N2O. The number of aromatic nitrogens is 1. The van der Waals surface area contributed by atoms with Crippen molar-refractivity contribution in [1.29, 1.82) is 0 Å². The van der Waals surface area contributed by atoms with Crippen molar-refractivity contribution >= 4 is 0 Å². The van der Waals surface area contributed by atoms with Gasteiger partial charge in [-0.1, -0.05) is 6.42 Å². The lowest BCUT2D eigenvalue weighted by molar-refractivity contribution is 0.368. The van der Waals surface area contributed by atoms with Crippen molar-refractivity contribution in [2.45, 2.75) is 58.0 Å². The van der Waals surface area contributed by atoms with Crippen molar-refractivity contribution < 1.29 is 4.42 Å². The summed E-state index contributed by atoms with van der Waals surface area (Å²) in [6, 6.07) is 0. The summed E-state index contributed by atoms with van der Waals surface area (Å²) < 4.78 is 5.87. The third-order valence-corrected chi connectivity index (χ3v) is 4.08. The fraction of sp³-hybridized carbons (Fsp3) is 0.786. The van der Waals surface area contributed by atoms with Gasteiger partial charge in [0.2, 0.25) is 5.89 Å². The Morgan fingerprint density at radius 1 is 1.35 bits per heavy atom. The highest BCUT2D eigenvalue weighted by Crippen LogP contribution is 2.63. The summed E-state index contributed by atoms with van der Waals surface area (Å²) in [5.41, 5.74) is 0.116. The third kappa shape index (κ3) is 2.25. The average Bonchev–Trinajstić information content (AvgIpc) is 2.73. The lowest BCUT2D eigenvalue weighted by atomic mass is 10.1. The van der Waals surface area contributed by atoms with E-state index in [1.54, 1.807) is 0 Å².